The van der Waals surface area contributed by atoms with Crippen LogP contribution in [0.2, 0.25) is 0 Å². The lowest BCUT2D eigenvalue weighted by Gasteiger charge is -2.11. The topological polar surface area (TPSA) is 26.0 Å². The Morgan fingerprint density at radius 3 is 1.87 bits per heavy atom. The first-order valence-corrected chi connectivity index (χ1v) is 6.89. The van der Waals surface area contributed by atoms with E-state index in [9.17, 15) is 0 Å². The molecule has 2 N–H and O–H groups in total. The molecule has 0 rings (SSSR count). The third kappa shape index (κ3) is 9.92. The summed E-state index contributed by atoms with van der Waals surface area (Å²) in [5.41, 5.74) is 6.54. The summed E-state index contributed by atoms with van der Waals surface area (Å²) in [6, 6.07) is 0. The molecule has 0 aliphatic rings. The Hall–Kier alpha value is -0.370. The maximum absolute atomic E-state index is 5.64. The van der Waals surface area contributed by atoms with Crippen molar-refractivity contribution in [2.24, 2.45) is 17.6 Å². The summed E-state index contributed by atoms with van der Waals surface area (Å²) in [6.07, 6.45) is 6.52. The van der Waals surface area contributed by atoms with Crippen LogP contribution in [-0.2, 0) is 0 Å². The van der Waals surface area contributed by atoms with Gasteiger partial charge in [-0.2, -0.15) is 0 Å². The second-order valence-corrected chi connectivity index (χ2v) is 4.60. The van der Waals surface area contributed by atoms with Crippen molar-refractivity contribution in [2.75, 3.05) is 6.26 Å². The van der Waals surface area contributed by atoms with Crippen LogP contribution in [0.25, 0.3) is 0 Å². The van der Waals surface area contributed by atoms with E-state index in [4.69, 9.17) is 5.73 Å². The molecule has 0 amide bonds. The molecule has 0 aromatic carbocycles. The Labute approximate surface area is 100 Å². The average Bonchev–Trinajstić information content (AvgIpc) is 2.15. The number of hydrogen-bond acceptors (Lipinski definition) is 2. The third-order valence-corrected chi connectivity index (χ3v) is 2.67. The maximum Gasteiger partial charge on any atom is 0.00661 e. The Kier molecular flexibility index (Phi) is 11.5. The first-order chi connectivity index (χ1) is 6.97. The second-order valence-electron chi connectivity index (χ2n) is 3.72. The summed E-state index contributed by atoms with van der Waals surface area (Å²) in [5, 5.41) is 0. The van der Waals surface area contributed by atoms with Crippen LogP contribution in [0.1, 0.15) is 41.5 Å². The number of allylic oxidation sites excluding steroid dienone is 4. The van der Waals surface area contributed by atoms with E-state index < -0.39 is 0 Å². The van der Waals surface area contributed by atoms with E-state index in [2.05, 4.69) is 39.2 Å². The molecule has 0 aromatic rings. The number of nitrogens with two attached hydrogens (primary N) is 1. The second kappa shape index (κ2) is 10.2. The lowest BCUT2D eigenvalue weighted by Crippen LogP contribution is -1.99. The lowest BCUT2D eigenvalue weighted by atomic mass is 10.1. The van der Waals surface area contributed by atoms with Gasteiger partial charge in [-0.3, -0.25) is 0 Å². The summed E-state index contributed by atoms with van der Waals surface area (Å²) >= 11 is 1.81. The van der Waals surface area contributed by atoms with Crippen molar-refractivity contribution in [1.29, 1.82) is 0 Å². The molecule has 0 radical (unpaired) electrons. The van der Waals surface area contributed by atoms with Gasteiger partial charge in [0.05, 0.1) is 0 Å². The minimum atomic E-state index is 0.447. The van der Waals surface area contributed by atoms with Crippen molar-refractivity contribution in [3.63, 3.8) is 0 Å². The summed E-state index contributed by atoms with van der Waals surface area (Å²) < 4.78 is 0. The molecule has 0 spiro atoms. The molecule has 0 bridgehead atoms. The van der Waals surface area contributed by atoms with Crippen molar-refractivity contribution in [3.8, 4) is 0 Å². The van der Waals surface area contributed by atoms with E-state index in [1.165, 1.54) is 4.91 Å². The highest BCUT2D eigenvalue weighted by atomic mass is 32.2. The van der Waals surface area contributed by atoms with E-state index in [-0.39, 0.29) is 0 Å². The van der Waals surface area contributed by atoms with Gasteiger partial charge >= 0.3 is 0 Å². The summed E-state index contributed by atoms with van der Waals surface area (Å²) in [5.74, 6) is 1.05. The minimum absolute atomic E-state index is 0.447. The van der Waals surface area contributed by atoms with E-state index in [1.807, 2.05) is 32.5 Å². The van der Waals surface area contributed by atoms with Crippen LogP contribution in [0.15, 0.2) is 22.8 Å². The zero-order valence-corrected chi connectivity index (χ0v) is 12.1. The van der Waals surface area contributed by atoms with Gasteiger partial charge in [0.1, 0.15) is 0 Å². The molecule has 0 heterocycles. The fourth-order valence-corrected chi connectivity index (χ4v) is 2.06. The fraction of sp³-hybridized carbons (Fsp3) is 0.692. The van der Waals surface area contributed by atoms with Gasteiger partial charge in [-0.05, 0) is 24.0 Å². The van der Waals surface area contributed by atoms with Crippen LogP contribution in [0.3, 0.4) is 0 Å². The van der Waals surface area contributed by atoms with Crippen LogP contribution in [-0.4, -0.2) is 6.26 Å². The molecule has 1 nitrogen and oxygen atoms in total. The Morgan fingerprint density at radius 2 is 1.60 bits per heavy atom. The predicted molar refractivity (Wildman–Crippen MR) is 74.9 cm³/mol. The maximum atomic E-state index is 5.64. The molecular weight excluding hydrogens is 202 g/mol. The van der Waals surface area contributed by atoms with Crippen LogP contribution in [0, 0.1) is 11.8 Å². The largest absolute Gasteiger partial charge is 0.403 e. The Balaban J connectivity index is 0. The molecule has 0 aliphatic carbocycles. The molecule has 15 heavy (non-hydrogen) atoms. The standard InChI is InChI=1S/C11H21NS.C2H6/c1-8(2)6-11(13-5)9(3)7-10(4)12;1-2/h6-9H,12H2,1-5H3;1-2H3/b10-7-,11-6+;. The van der Waals surface area contributed by atoms with E-state index >= 15 is 0 Å². The van der Waals surface area contributed by atoms with E-state index in [0.29, 0.717) is 11.8 Å². The summed E-state index contributed by atoms with van der Waals surface area (Å²) in [7, 11) is 0. The first-order valence-electron chi connectivity index (χ1n) is 5.67. The third-order valence-electron chi connectivity index (χ3n) is 1.69. The zero-order chi connectivity index (χ0) is 12.4. The summed E-state index contributed by atoms with van der Waals surface area (Å²) in [4.78, 5) is 1.40. The van der Waals surface area contributed by atoms with Gasteiger partial charge in [-0.15, -0.1) is 11.8 Å². The molecular formula is C13H27NS. The molecule has 0 saturated carbocycles. The van der Waals surface area contributed by atoms with Gasteiger partial charge in [0.15, 0.2) is 0 Å². The van der Waals surface area contributed by atoms with E-state index in [0.717, 1.165) is 5.70 Å². The van der Waals surface area contributed by atoms with Crippen molar-refractivity contribution in [3.05, 3.63) is 22.8 Å². The van der Waals surface area contributed by atoms with Crippen LogP contribution < -0.4 is 5.73 Å². The van der Waals surface area contributed by atoms with Crippen molar-refractivity contribution in [2.45, 2.75) is 41.5 Å². The van der Waals surface area contributed by atoms with E-state index in [1.54, 1.807) is 0 Å². The molecule has 90 valence electrons. The van der Waals surface area contributed by atoms with Gasteiger partial charge in [-0.25, -0.2) is 0 Å². The molecule has 0 saturated heterocycles. The van der Waals surface area contributed by atoms with Crippen LogP contribution in [0.5, 0.6) is 0 Å². The van der Waals surface area contributed by atoms with Crippen LogP contribution >= 0.6 is 11.8 Å². The minimum Gasteiger partial charge on any atom is -0.403 e. The highest BCUT2D eigenvalue weighted by molar-refractivity contribution is 8.02. The molecule has 0 fully saturated rings. The number of rotatable bonds is 4. The van der Waals surface area contributed by atoms with Crippen molar-refractivity contribution >= 4 is 11.8 Å². The average molecular weight is 229 g/mol. The van der Waals surface area contributed by atoms with Crippen LogP contribution in [0.4, 0.5) is 0 Å². The van der Waals surface area contributed by atoms with Crippen molar-refractivity contribution < 1.29 is 0 Å². The smallest absolute Gasteiger partial charge is 0.00661 e. The highest BCUT2D eigenvalue weighted by Crippen LogP contribution is 2.24. The number of hydrogen-bond donors (Lipinski definition) is 1. The lowest BCUT2D eigenvalue weighted by molar-refractivity contribution is 0.801. The molecule has 0 aromatic heterocycles. The van der Waals surface area contributed by atoms with Gasteiger partial charge in [0.2, 0.25) is 0 Å². The van der Waals surface area contributed by atoms with Crippen molar-refractivity contribution in [1.82, 2.24) is 0 Å². The highest BCUT2D eigenvalue weighted by Gasteiger charge is 2.05. The monoisotopic (exact) mass is 229 g/mol. The molecule has 1 unspecified atom stereocenters. The molecule has 1 atom stereocenters. The summed E-state index contributed by atoms with van der Waals surface area (Å²) in [6.45, 7) is 12.5. The molecule has 0 aliphatic heterocycles. The van der Waals surface area contributed by atoms with Gasteiger partial charge in [-0.1, -0.05) is 46.8 Å². The van der Waals surface area contributed by atoms with Gasteiger partial charge in [0.25, 0.3) is 0 Å². The fourth-order valence-electron chi connectivity index (χ4n) is 1.21. The van der Waals surface area contributed by atoms with Gasteiger partial charge in [0, 0.05) is 11.6 Å². The Bertz CT molecular complexity index is 201. The SMILES string of the molecule is CC.CS/C(=C/C(C)C)C(C)/C=C(/C)N. The Morgan fingerprint density at radius 1 is 1.13 bits per heavy atom. The molecule has 2 heteroatoms. The zero-order valence-electron chi connectivity index (χ0n) is 11.3. The number of thioether (sulfide) groups is 1. The normalized spacial score (nSPS) is 14.7. The van der Waals surface area contributed by atoms with Gasteiger partial charge < -0.3 is 5.73 Å². The predicted octanol–water partition coefficient (Wildman–Crippen LogP) is 4.41. The quantitative estimate of drug-likeness (QED) is 0.772. The first kappa shape index (κ1) is 17.0.